The van der Waals surface area contributed by atoms with Crippen LogP contribution in [0.4, 0.5) is 0 Å². The molecular weight excluding hydrogens is 280 g/mol. The summed E-state index contributed by atoms with van der Waals surface area (Å²) in [7, 11) is 0. The predicted octanol–water partition coefficient (Wildman–Crippen LogP) is 4.81. The molecule has 3 heteroatoms. The van der Waals surface area contributed by atoms with Crippen LogP contribution in [-0.4, -0.2) is 9.55 Å². The summed E-state index contributed by atoms with van der Waals surface area (Å²) in [5, 5.41) is 0. The third-order valence-corrected chi connectivity index (χ3v) is 4.59. The molecule has 21 heavy (non-hydrogen) atoms. The molecule has 1 heterocycles. The Balaban J connectivity index is 1.77. The molecule has 0 spiro atoms. The summed E-state index contributed by atoms with van der Waals surface area (Å²) >= 11 is 6.13. The Labute approximate surface area is 129 Å². The molecular formula is C18H17ClN2. The fourth-order valence-corrected chi connectivity index (χ4v) is 3.44. The molecule has 1 fully saturated rings. The highest BCUT2D eigenvalue weighted by Gasteiger charge is 2.41. The van der Waals surface area contributed by atoms with Crippen LogP contribution in [0.3, 0.4) is 0 Å². The normalized spacial score (nSPS) is 20.9. The van der Waals surface area contributed by atoms with E-state index >= 15 is 0 Å². The highest BCUT2D eigenvalue weighted by atomic mass is 35.5. The summed E-state index contributed by atoms with van der Waals surface area (Å²) in [6.45, 7) is 2.10. The number of imidazole rings is 1. The van der Waals surface area contributed by atoms with Crippen LogP contribution in [0.2, 0.25) is 0 Å². The first-order valence-corrected chi connectivity index (χ1v) is 7.90. The van der Waals surface area contributed by atoms with E-state index in [4.69, 9.17) is 16.6 Å². The average molecular weight is 297 g/mol. The fraction of sp³-hybridized carbons (Fsp3) is 0.278. The van der Waals surface area contributed by atoms with Gasteiger partial charge in [-0.05, 0) is 36.6 Å². The Kier molecular flexibility index (Phi) is 3.00. The van der Waals surface area contributed by atoms with E-state index in [9.17, 15) is 0 Å². The van der Waals surface area contributed by atoms with Crippen LogP contribution in [0.1, 0.15) is 35.3 Å². The number of fused-ring (bicyclic) bond motifs is 1. The second-order valence-corrected chi connectivity index (χ2v) is 6.11. The van der Waals surface area contributed by atoms with Crippen molar-refractivity contribution >= 4 is 22.6 Å². The minimum Gasteiger partial charge on any atom is -0.323 e. The van der Waals surface area contributed by atoms with E-state index in [1.165, 1.54) is 23.1 Å². The Bertz CT molecular complexity index is 792. The zero-order valence-electron chi connectivity index (χ0n) is 12.0. The van der Waals surface area contributed by atoms with Crippen molar-refractivity contribution < 1.29 is 0 Å². The second kappa shape index (κ2) is 4.88. The van der Waals surface area contributed by atoms with Gasteiger partial charge in [-0.15, -0.1) is 11.6 Å². The van der Waals surface area contributed by atoms with Gasteiger partial charge in [-0.25, -0.2) is 4.98 Å². The summed E-state index contributed by atoms with van der Waals surface area (Å²) < 4.78 is 2.35. The fourth-order valence-electron chi connectivity index (χ4n) is 3.25. The molecule has 0 saturated heterocycles. The van der Waals surface area contributed by atoms with Crippen LogP contribution in [0.5, 0.6) is 0 Å². The van der Waals surface area contributed by atoms with Crippen molar-refractivity contribution in [3.63, 3.8) is 0 Å². The van der Waals surface area contributed by atoms with Crippen LogP contribution in [0.15, 0.2) is 48.5 Å². The zero-order chi connectivity index (χ0) is 14.4. The lowest BCUT2D eigenvalue weighted by molar-refractivity contribution is 0.706. The SMILES string of the molecule is Cc1ccc2c(c1)nc(CCl)n2C1CC1c1ccccc1. The third kappa shape index (κ3) is 2.14. The van der Waals surface area contributed by atoms with Gasteiger partial charge in [0.15, 0.2) is 0 Å². The van der Waals surface area contributed by atoms with Gasteiger partial charge in [-0.1, -0.05) is 36.4 Å². The van der Waals surface area contributed by atoms with E-state index < -0.39 is 0 Å². The number of benzene rings is 2. The maximum absolute atomic E-state index is 6.13. The Hall–Kier alpha value is -1.80. The first-order chi connectivity index (χ1) is 10.3. The Morgan fingerprint density at radius 1 is 1.19 bits per heavy atom. The van der Waals surface area contributed by atoms with E-state index in [2.05, 4.69) is 60.0 Å². The summed E-state index contributed by atoms with van der Waals surface area (Å²) in [5.74, 6) is 2.04. The molecule has 2 atom stereocenters. The van der Waals surface area contributed by atoms with Gasteiger partial charge in [-0.3, -0.25) is 0 Å². The number of nitrogens with zero attached hydrogens (tertiary/aromatic N) is 2. The lowest BCUT2D eigenvalue weighted by Crippen LogP contribution is -2.01. The number of aryl methyl sites for hydroxylation is 1. The summed E-state index contributed by atoms with van der Waals surface area (Å²) in [6.07, 6.45) is 1.17. The van der Waals surface area contributed by atoms with Crippen molar-refractivity contribution in [2.75, 3.05) is 0 Å². The molecule has 3 aromatic rings. The predicted molar refractivity (Wildman–Crippen MR) is 86.9 cm³/mol. The quantitative estimate of drug-likeness (QED) is 0.634. The van der Waals surface area contributed by atoms with Crippen molar-refractivity contribution in [1.29, 1.82) is 0 Å². The Morgan fingerprint density at radius 2 is 2.00 bits per heavy atom. The molecule has 4 rings (SSSR count). The molecule has 1 aliphatic rings. The molecule has 1 aliphatic carbocycles. The van der Waals surface area contributed by atoms with Gasteiger partial charge < -0.3 is 4.57 Å². The number of aromatic nitrogens is 2. The second-order valence-electron chi connectivity index (χ2n) is 5.84. The maximum Gasteiger partial charge on any atom is 0.125 e. The standard InChI is InChI=1S/C18H17ClN2/c1-12-7-8-16-15(9-12)20-18(11-19)21(16)17-10-14(17)13-5-3-2-4-6-13/h2-9,14,17H,10-11H2,1H3. The smallest absolute Gasteiger partial charge is 0.125 e. The van der Waals surface area contributed by atoms with Gasteiger partial charge in [0, 0.05) is 12.0 Å². The van der Waals surface area contributed by atoms with Crippen molar-refractivity contribution in [2.24, 2.45) is 0 Å². The molecule has 0 amide bonds. The van der Waals surface area contributed by atoms with Gasteiger partial charge in [0.1, 0.15) is 5.82 Å². The highest BCUT2D eigenvalue weighted by molar-refractivity contribution is 6.16. The molecule has 2 aromatic carbocycles. The number of alkyl halides is 1. The first-order valence-electron chi connectivity index (χ1n) is 7.36. The number of hydrogen-bond acceptors (Lipinski definition) is 1. The molecule has 0 bridgehead atoms. The summed E-state index contributed by atoms with van der Waals surface area (Å²) in [6, 6.07) is 17.7. The minimum atomic E-state index is 0.464. The van der Waals surface area contributed by atoms with Gasteiger partial charge >= 0.3 is 0 Å². The van der Waals surface area contributed by atoms with Crippen LogP contribution < -0.4 is 0 Å². The third-order valence-electron chi connectivity index (χ3n) is 4.35. The number of hydrogen-bond donors (Lipinski definition) is 0. The lowest BCUT2D eigenvalue weighted by atomic mass is 10.1. The molecule has 0 aliphatic heterocycles. The minimum absolute atomic E-state index is 0.464. The molecule has 1 aromatic heterocycles. The van der Waals surface area contributed by atoms with Crippen molar-refractivity contribution in [1.82, 2.24) is 9.55 Å². The van der Waals surface area contributed by atoms with E-state index in [0.717, 1.165) is 11.3 Å². The van der Waals surface area contributed by atoms with E-state index in [0.29, 0.717) is 17.8 Å². The van der Waals surface area contributed by atoms with Gasteiger partial charge in [0.05, 0.1) is 16.9 Å². The van der Waals surface area contributed by atoms with E-state index in [1.807, 2.05) is 0 Å². The molecule has 0 N–H and O–H groups in total. The molecule has 106 valence electrons. The molecule has 2 unspecified atom stereocenters. The lowest BCUT2D eigenvalue weighted by Gasteiger charge is -2.07. The van der Waals surface area contributed by atoms with Crippen LogP contribution in [-0.2, 0) is 5.88 Å². The largest absolute Gasteiger partial charge is 0.323 e. The van der Waals surface area contributed by atoms with Gasteiger partial charge in [0.2, 0.25) is 0 Å². The number of rotatable bonds is 3. The number of halogens is 1. The topological polar surface area (TPSA) is 17.8 Å². The first kappa shape index (κ1) is 12.9. The molecule has 1 saturated carbocycles. The molecule has 2 nitrogen and oxygen atoms in total. The molecule has 0 radical (unpaired) electrons. The van der Waals surface area contributed by atoms with E-state index in [-0.39, 0.29) is 0 Å². The van der Waals surface area contributed by atoms with Crippen LogP contribution in [0.25, 0.3) is 11.0 Å². The van der Waals surface area contributed by atoms with Gasteiger partial charge in [0.25, 0.3) is 0 Å². The van der Waals surface area contributed by atoms with Crippen molar-refractivity contribution in [3.8, 4) is 0 Å². The van der Waals surface area contributed by atoms with E-state index in [1.54, 1.807) is 0 Å². The summed E-state index contributed by atoms with van der Waals surface area (Å²) in [4.78, 5) is 4.71. The maximum atomic E-state index is 6.13. The van der Waals surface area contributed by atoms with Crippen molar-refractivity contribution in [2.45, 2.75) is 31.2 Å². The zero-order valence-corrected chi connectivity index (χ0v) is 12.7. The van der Waals surface area contributed by atoms with Crippen LogP contribution in [0, 0.1) is 6.92 Å². The summed E-state index contributed by atoms with van der Waals surface area (Å²) in [5.41, 5.74) is 4.92. The Morgan fingerprint density at radius 3 is 2.76 bits per heavy atom. The van der Waals surface area contributed by atoms with Crippen molar-refractivity contribution in [3.05, 3.63) is 65.5 Å². The highest BCUT2D eigenvalue weighted by Crippen LogP contribution is 2.52. The van der Waals surface area contributed by atoms with Gasteiger partial charge in [-0.2, -0.15) is 0 Å². The monoisotopic (exact) mass is 296 g/mol. The average Bonchev–Trinajstić information content (AvgIpc) is 3.22. The van der Waals surface area contributed by atoms with Crippen LogP contribution >= 0.6 is 11.6 Å².